The lowest BCUT2D eigenvalue weighted by Gasteiger charge is -2.28. The Hall–Kier alpha value is -3.09. The predicted molar refractivity (Wildman–Crippen MR) is 106 cm³/mol. The molecule has 7 heteroatoms. The Kier molecular flexibility index (Phi) is 6.36. The highest BCUT2D eigenvalue weighted by Crippen LogP contribution is 2.32. The molecule has 2 aromatic rings. The first-order chi connectivity index (χ1) is 13.8. The standard InChI is InChI=1S/C22H21F3N2O2/c23-22(24,25)18-9-7-16(8-10-18)19(5-4-6-21(28)29)17-11-12-26-20(15-17)27-13-2-1-3-14-27/h4-12,15H,1-3,13-14H2,(H,28,29)/b6-4+,19-5-. The second-order valence-electron chi connectivity index (χ2n) is 6.80. The lowest BCUT2D eigenvalue weighted by molar-refractivity contribution is -0.137. The van der Waals surface area contributed by atoms with Crippen LogP contribution in [0.1, 0.15) is 36.0 Å². The molecule has 0 bridgehead atoms. The van der Waals surface area contributed by atoms with Gasteiger partial charge in [-0.15, -0.1) is 0 Å². The highest BCUT2D eigenvalue weighted by Gasteiger charge is 2.30. The normalized spacial score (nSPS) is 15.7. The van der Waals surface area contributed by atoms with Gasteiger partial charge in [-0.05, 0) is 60.2 Å². The van der Waals surface area contributed by atoms with Crippen LogP contribution in [0.15, 0.2) is 60.8 Å². The van der Waals surface area contributed by atoms with Gasteiger partial charge < -0.3 is 10.0 Å². The molecule has 0 atom stereocenters. The molecule has 0 spiro atoms. The molecule has 1 aliphatic rings. The summed E-state index contributed by atoms with van der Waals surface area (Å²) in [4.78, 5) is 17.4. The van der Waals surface area contributed by atoms with Gasteiger partial charge in [-0.25, -0.2) is 9.78 Å². The zero-order chi connectivity index (χ0) is 20.9. The van der Waals surface area contributed by atoms with Crippen LogP contribution in [-0.2, 0) is 11.0 Å². The molecule has 4 nitrogen and oxygen atoms in total. The number of benzene rings is 1. The molecule has 29 heavy (non-hydrogen) atoms. The van der Waals surface area contributed by atoms with Crippen LogP contribution in [0.4, 0.5) is 19.0 Å². The number of piperidine rings is 1. The van der Waals surface area contributed by atoms with Crippen LogP contribution in [0.2, 0.25) is 0 Å². The molecule has 1 fully saturated rings. The minimum atomic E-state index is -4.41. The monoisotopic (exact) mass is 402 g/mol. The summed E-state index contributed by atoms with van der Waals surface area (Å²) < 4.78 is 38.7. The Balaban J connectivity index is 1.99. The topological polar surface area (TPSA) is 53.4 Å². The Morgan fingerprint density at radius 3 is 2.34 bits per heavy atom. The third kappa shape index (κ3) is 5.47. The number of rotatable bonds is 5. The molecule has 0 unspecified atom stereocenters. The van der Waals surface area contributed by atoms with Gasteiger partial charge in [0.25, 0.3) is 0 Å². The molecule has 0 radical (unpaired) electrons. The van der Waals surface area contributed by atoms with Crippen LogP contribution in [0.5, 0.6) is 0 Å². The lowest BCUT2D eigenvalue weighted by Crippen LogP contribution is -2.30. The third-order valence-electron chi connectivity index (χ3n) is 4.76. The number of hydrogen-bond acceptors (Lipinski definition) is 3. The van der Waals surface area contributed by atoms with Crippen LogP contribution < -0.4 is 4.90 Å². The van der Waals surface area contributed by atoms with Crippen molar-refractivity contribution in [1.82, 2.24) is 4.98 Å². The van der Waals surface area contributed by atoms with Crippen molar-refractivity contribution < 1.29 is 23.1 Å². The maximum atomic E-state index is 12.9. The second kappa shape index (κ2) is 8.94. The van der Waals surface area contributed by atoms with Gasteiger partial charge in [0.05, 0.1) is 5.56 Å². The molecule has 3 rings (SSSR count). The first-order valence-corrected chi connectivity index (χ1v) is 9.35. The summed E-state index contributed by atoms with van der Waals surface area (Å²) in [6.07, 6.45) is 4.57. The van der Waals surface area contributed by atoms with Crippen molar-refractivity contribution in [3.63, 3.8) is 0 Å². The average molecular weight is 402 g/mol. The maximum Gasteiger partial charge on any atom is 0.416 e. The van der Waals surface area contributed by atoms with Gasteiger partial charge in [-0.2, -0.15) is 13.2 Å². The number of hydrogen-bond donors (Lipinski definition) is 1. The maximum absolute atomic E-state index is 12.9. The van der Waals surface area contributed by atoms with Crippen molar-refractivity contribution >= 4 is 17.4 Å². The van der Waals surface area contributed by atoms with Crippen molar-refractivity contribution in [2.45, 2.75) is 25.4 Å². The SMILES string of the molecule is O=C(O)/C=C/C=C(/c1ccc(C(F)(F)F)cc1)c1ccnc(N2CCCCC2)c1. The fourth-order valence-electron chi connectivity index (χ4n) is 3.31. The third-order valence-corrected chi connectivity index (χ3v) is 4.76. The van der Waals surface area contributed by atoms with Crippen molar-refractivity contribution in [2.24, 2.45) is 0 Å². The zero-order valence-electron chi connectivity index (χ0n) is 15.7. The highest BCUT2D eigenvalue weighted by atomic mass is 19.4. The first kappa shape index (κ1) is 20.6. The first-order valence-electron chi connectivity index (χ1n) is 9.35. The Labute approximate surface area is 167 Å². The average Bonchev–Trinajstić information content (AvgIpc) is 2.71. The molecule has 152 valence electrons. The Bertz CT molecular complexity index is 912. The van der Waals surface area contributed by atoms with Gasteiger partial charge >= 0.3 is 12.1 Å². The lowest BCUT2D eigenvalue weighted by atomic mass is 9.96. The molecule has 0 saturated carbocycles. The number of carboxylic acid groups (broad SMARTS) is 1. The summed E-state index contributed by atoms with van der Waals surface area (Å²) in [6, 6.07) is 8.50. The molecular formula is C22H21F3N2O2. The molecule has 1 N–H and O–H groups in total. The van der Waals surface area contributed by atoms with E-state index in [-0.39, 0.29) is 0 Å². The fraction of sp³-hybridized carbons (Fsp3) is 0.273. The summed E-state index contributed by atoms with van der Waals surface area (Å²) >= 11 is 0. The van der Waals surface area contributed by atoms with E-state index in [1.807, 2.05) is 6.07 Å². The summed E-state index contributed by atoms with van der Waals surface area (Å²) in [5.74, 6) is -0.293. The number of pyridine rings is 1. The van der Waals surface area contributed by atoms with Gasteiger partial charge in [-0.1, -0.05) is 24.3 Å². The number of aliphatic carboxylic acids is 1. The van der Waals surface area contributed by atoms with E-state index in [0.717, 1.165) is 55.5 Å². The Morgan fingerprint density at radius 1 is 1.03 bits per heavy atom. The molecule has 1 aliphatic heterocycles. The van der Waals surface area contributed by atoms with Crippen molar-refractivity contribution in [2.75, 3.05) is 18.0 Å². The van der Waals surface area contributed by atoms with Gasteiger partial charge in [-0.3, -0.25) is 0 Å². The van der Waals surface area contributed by atoms with E-state index in [4.69, 9.17) is 5.11 Å². The van der Waals surface area contributed by atoms with Crippen LogP contribution in [-0.4, -0.2) is 29.1 Å². The highest BCUT2D eigenvalue weighted by molar-refractivity contribution is 5.84. The van der Waals surface area contributed by atoms with Crippen LogP contribution in [0.3, 0.4) is 0 Å². The van der Waals surface area contributed by atoms with Gasteiger partial charge in [0, 0.05) is 25.4 Å². The number of nitrogens with zero attached hydrogens (tertiary/aromatic N) is 2. The van der Waals surface area contributed by atoms with Gasteiger partial charge in [0.15, 0.2) is 0 Å². The van der Waals surface area contributed by atoms with E-state index in [2.05, 4.69) is 9.88 Å². The minimum absolute atomic E-state index is 0.559. The molecule has 0 aliphatic carbocycles. The molecule has 1 saturated heterocycles. The summed E-state index contributed by atoms with van der Waals surface area (Å²) in [6.45, 7) is 1.82. The van der Waals surface area contributed by atoms with Crippen molar-refractivity contribution in [3.8, 4) is 0 Å². The van der Waals surface area contributed by atoms with E-state index in [9.17, 15) is 18.0 Å². The van der Waals surface area contributed by atoms with Crippen molar-refractivity contribution in [1.29, 1.82) is 0 Å². The number of anilines is 1. The number of allylic oxidation sites excluding steroid dienone is 2. The van der Waals surface area contributed by atoms with Gasteiger partial charge in [0.2, 0.25) is 0 Å². The van der Waals surface area contributed by atoms with E-state index >= 15 is 0 Å². The van der Waals surface area contributed by atoms with E-state index in [1.165, 1.54) is 24.6 Å². The van der Waals surface area contributed by atoms with Crippen LogP contribution >= 0.6 is 0 Å². The summed E-state index contributed by atoms with van der Waals surface area (Å²) in [7, 11) is 0. The van der Waals surface area contributed by atoms with Crippen LogP contribution in [0, 0.1) is 0 Å². The molecule has 0 amide bonds. The number of aromatic nitrogens is 1. The Morgan fingerprint density at radius 2 is 1.72 bits per heavy atom. The number of carboxylic acids is 1. The molecular weight excluding hydrogens is 381 g/mol. The van der Waals surface area contributed by atoms with E-state index in [1.54, 1.807) is 18.3 Å². The summed E-state index contributed by atoms with van der Waals surface area (Å²) in [5, 5.41) is 8.85. The minimum Gasteiger partial charge on any atom is -0.478 e. The molecule has 1 aromatic heterocycles. The number of carbonyl (C=O) groups is 1. The van der Waals surface area contributed by atoms with Gasteiger partial charge in [0.1, 0.15) is 5.82 Å². The zero-order valence-corrected chi connectivity index (χ0v) is 15.7. The largest absolute Gasteiger partial charge is 0.478 e. The number of halogens is 3. The fourth-order valence-corrected chi connectivity index (χ4v) is 3.31. The van der Waals surface area contributed by atoms with Crippen LogP contribution in [0.25, 0.3) is 5.57 Å². The molecule has 2 heterocycles. The quantitative estimate of drug-likeness (QED) is 0.554. The van der Waals surface area contributed by atoms with E-state index < -0.39 is 17.7 Å². The van der Waals surface area contributed by atoms with Crippen molar-refractivity contribution in [3.05, 3.63) is 77.5 Å². The predicted octanol–water partition coefficient (Wildman–Crippen LogP) is 5.16. The second-order valence-corrected chi connectivity index (χ2v) is 6.80. The summed E-state index contributed by atoms with van der Waals surface area (Å²) in [5.41, 5.74) is 1.21. The van der Waals surface area contributed by atoms with E-state index in [0.29, 0.717) is 11.1 Å². The molecule has 1 aromatic carbocycles. The number of alkyl halides is 3. The smallest absolute Gasteiger partial charge is 0.416 e.